The van der Waals surface area contributed by atoms with Crippen LogP contribution in [0.15, 0.2) is 42.5 Å². The first-order chi connectivity index (χ1) is 12.4. The van der Waals surface area contributed by atoms with E-state index in [1.165, 1.54) is 6.07 Å². The van der Waals surface area contributed by atoms with Gasteiger partial charge in [-0.15, -0.1) is 0 Å². The molecule has 3 amide bonds. The summed E-state index contributed by atoms with van der Waals surface area (Å²) >= 11 is 0. The lowest BCUT2D eigenvalue weighted by Gasteiger charge is -2.15. The first-order valence-electron chi connectivity index (χ1n) is 8.36. The van der Waals surface area contributed by atoms with Crippen LogP contribution in [0.4, 0.5) is 19.3 Å². The van der Waals surface area contributed by atoms with Crippen LogP contribution in [0.5, 0.6) is 0 Å². The fourth-order valence-corrected chi connectivity index (χ4v) is 2.46. The van der Waals surface area contributed by atoms with Gasteiger partial charge in [0, 0.05) is 17.3 Å². The number of rotatable bonds is 5. The molecule has 2 aromatic carbocycles. The van der Waals surface area contributed by atoms with E-state index in [2.05, 4.69) is 16.0 Å². The standard InChI is InChI=1S/C19H19F2N3O2/c1-11(12-5-8-16(20)17(21)10-12)22-19(26)24-15-4-2-3-13(9-15)18(25)23-14-6-7-14/h2-5,8-11,14H,6-7H2,1H3,(H,23,25)(H2,22,24,26). The zero-order chi connectivity index (χ0) is 18.7. The van der Waals surface area contributed by atoms with Gasteiger partial charge >= 0.3 is 6.03 Å². The topological polar surface area (TPSA) is 70.2 Å². The largest absolute Gasteiger partial charge is 0.349 e. The van der Waals surface area contributed by atoms with Crippen molar-refractivity contribution in [2.24, 2.45) is 0 Å². The highest BCUT2D eigenvalue weighted by molar-refractivity contribution is 5.97. The van der Waals surface area contributed by atoms with Crippen molar-refractivity contribution in [3.8, 4) is 0 Å². The fourth-order valence-electron chi connectivity index (χ4n) is 2.46. The summed E-state index contributed by atoms with van der Waals surface area (Å²) in [4.78, 5) is 24.2. The van der Waals surface area contributed by atoms with Crippen LogP contribution in [0, 0.1) is 11.6 Å². The number of carbonyl (C=O) groups excluding carboxylic acids is 2. The SMILES string of the molecule is CC(NC(=O)Nc1cccc(C(=O)NC2CC2)c1)c1ccc(F)c(F)c1. The summed E-state index contributed by atoms with van der Waals surface area (Å²) in [7, 11) is 0. The van der Waals surface area contributed by atoms with Crippen molar-refractivity contribution in [2.45, 2.75) is 31.8 Å². The molecule has 1 aliphatic carbocycles. The molecule has 2 aromatic rings. The van der Waals surface area contributed by atoms with Crippen molar-refractivity contribution in [3.63, 3.8) is 0 Å². The molecule has 0 spiro atoms. The Morgan fingerprint density at radius 3 is 2.54 bits per heavy atom. The number of carbonyl (C=O) groups is 2. The molecule has 26 heavy (non-hydrogen) atoms. The van der Waals surface area contributed by atoms with Gasteiger partial charge in [-0.25, -0.2) is 13.6 Å². The molecule has 5 nitrogen and oxygen atoms in total. The number of halogens is 2. The normalized spacial score (nSPS) is 14.4. The first-order valence-corrected chi connectivity index (χ1v) is 8.36. The molecular formula is C19H19F2N3O2. The average Bonchev–Trinajstić information content (AvgIpc) is 3.41. The Balaban J connectivity index is 1.60. The van der Waals surface area contributed by atoms with E-state index in [9.17, 15) is 18.4 Å². The minimum atomic E-state index is -0.967. The van der Waals surface area contributed by atoms with Crippen molar-refractivity contribution >= 4 is 17.6 Å². The Bertz CT molecular complexity index is 837. The maximum atomic E-state index is 13.3. The molecule has 0 aromatic heterocycles. The lowest BCUT2D eigenvalue weighted by Crippen LogP contribution is -2.31. The Morgan fingerprint density at radius 1 is 1.08 bits per heavy atom. The van der Waals surface area contributed by atoms with E-state index in [-0.39, 0.29) is 11.9 Å². The predicted octanol–water partition coefficient (Wildman–Crippen LogP) is 3.74. The third-order valence-corrected chi connectivity index (χ3v) is 4.09. The molecule has 0 aliphatic heterocycles. The van der Waals surface area contributed by atoms with Gasteiger partial charge in [0.05, 0.1) is 6.04 Å². The van der Waals surface area contributed by atoms with E-state index in [4.69, 9.17) is 0 Å². The van der Waals surface area contributed by atoms with Gasteiger partial charge in [0.2, 0.25) is 0 Å². The highest BCUT2D eigenvalue weighted by Gasteiger charge is 2.23. The molecule has 1 saturated carbocycles. The Kier molecular flexibility index (Phi) is 5.16. The monoisotopic (exact) mass is 359 g/mol. The van der Waals surface area contributed by atoms with Crippen molar-refractivity contribution < 1.29 is 18.4 Å². The highest BCUT2D eigenvalue weighted by Crippen LogP contribution is 2.20. The molecule has 1 atom stereocenters. The quantitative estimate of drug-likeness (QED) is 0.761. The molecule has 3 N–H and O–H groups in total. The van der Waals surface area contributed by atoms with Crippen molar-refractivity contribution in [1.29, 1.82) is 0 Å². The highest BCUT2D eigenvalue weighted by atomic mass is 19.2. The maximum Gasteiger partial charge on any atom is 0.319 e. The van der Waals surface area contributed by atoms with Gasteiger partial charge in [0.25, 0.3) is 5.91 Å². The van der Waals surface area contributed by atoms with E-state index in [1.807, 2.05) is 0 Å². The van der Waals surface area contributed by atoms with Gasteiger partial charge < -0.3 is 16.0 Å². The zero-order valence-corrected chi connectivity index (χ0v) is 14.2. The summed E-state index contributed by atoms with van der Waals surface area (Å²) in [6.07, 6.45) is 1.99. The van der Waals surface area contributed by atoms with Gasteiger partial charge in [0.1, 0.15) is 0 Å². The number of benzene rings is 2. The fraction of sp³-hybridized carbons (Fsp3) is 0.263. The predicted molar refractivity (Wildman–Crippen MR) is 93.9 cm³/mol. The van der Waals surface area contributed by atoms with Gasteiger partial charge in [-0.3, -0.25) is 4.79 Å². The number of hydrogen-bond acceptors (Lipinski definition) is 2. The van der Waals surface area contributed by atoms with Crippen LogP contribution in [-0.2, 0) is 0 Å². The van der Waals surface area contributed by atoms with Crippen LogP contribution in [0.1, 0.15) is 41.7 Å². The van der Waals surface area contributed by atoms with Gasteiger partial charge in [-0.2, -0.15) is 0 Å². The molecule has 1 unspecified atom stereocenters. The van der Waals surface area contributed by atoms with Crippen LogP contribution in [-0.4, -0.2) is 18.0 Å². The number of hydrogen-bond donors (Lipinski definition) is 3. The smallest absolute Gasteiger partial charge is 0.319 e. The molecule has 1 fully saturated rings. The molecule has 136 valence electrons. The van der Waals surface area contributed by atoms with Crippen molar-refractivity contribution in [1.82, 2.24) is 10.6 Å². The van der Waals surface area contributed by atoms with Crippen LogP contribution < -0.4 is 16.0 Å². The Morgan fingerprint density at radius 2 is 1.85 bits per heavy atom. The number of nitrogens with one attached hydrogen (secondary N) is 3. The van der Waals surface area contributed by atoms with Crippen molar-refractivity contribution in [3.05, 3.63) is 65.2 Å². The Hall–Kier alpha value is -2.96. The summed E-state index contributed by atoms with van der Waals surface area (Å²) in [6.45, 7) is 1.66. The van der Waals surface area contributed by atoms with E-state index in [1.54, 1.807) is 31.2 Å². The minimum absolute atomic E-state index is 0.174. The molecule has 3 rings (SSSR count). The summed E-state index contributed by atoms with van der Waals surface area (Å²) in [5.74, 6) is -2.08. The summed E-state index contributed by atoms with van der Waals surface area (Å²) < 4.78 is 26.3. The molecule has 0 saturated heterocycles. The third-order valence-electron chi connectivity index (χ3n) is 4.09. The molecule has 0 bridgehead atoms. The van der Waals surface area contributed by atoms with Gasteiger partial charge in [-0.1, -0.05) is 12.1 Å². The van der Waals surface area contributed by atoms with Gasteiger partial charge in [0.15, 0.2) is 11.6 Å². The third kappa shape index (κ3) is 4.56. The number of amides is 3. The lowest BCUT2D eigenvalue weighted by atomic mass is 10.1. The molecular weight excluding hydrogens is 340 g/mol. The summed E-state index contributed by atoms with van der Waals surface area (Å²) in [5, 5.41) is 8.16. The van der Waals surface area contributed by atoms with Gasteiger partial charge in [-0.05, 0) is 55.7 Å². The van der Waals surface area contributed by atoms with E-state index >= 15 is 0 Å². The van der Waals surface area contributed by atoms with E-state index in [0.717, 1.165) is 25.0 Å². The van der Waals surface area contributed by atoms with E-state index in [0.29, 0.717) is 16.8 Å². The average molecular weight is 359 g/mol. The number of anilines is 1. The number of urea groups is 1. The second kappa shape index (κ2) is 7.51. The maximum absolute atomic E-state index is 13.3. The zero-order valence-electron chi connectivity index (χ0n) is 14.2. The summed E-state index contributed by atoms with van der Waals surface area (Å²) in [5.41, 5.74) is 1.36. The Labute approximate surface area is 149 Å². The lowest BCUT2D eigenvalue weighted by molar-refractivity contribution is 0.0951. The molecule has 7 heteroatoms. The summed E-state index contributed by atoms with van der Waals surface area (Å²) in [6, 6.07) is 9.28. The molecule has 1 aliphatic rings. The van der Waals surface area contributed by atoms with Crippen molar-refractivity contribution in [2.75, 3.05) is 5.32 Å². The molecule has 0 heterocycles. The van der Waals surface area contributed by atoms with Crippen LogP contribution in [0.3, 0.4) is 0 Å². The van der Waals surface area contributed by atoms with E-state index < -0.39 is 23.7 Å². The molecule has 0 radical (unpaired) electrons. The second-order valence-electron chi connectivity index (χ2n) is 6.32. The minimum Gasteiger partial charge on any atom is -0.349 e. The van der Waals surface area contributed by atoms with Crippen LogP contribution in [0.2, 0.25) is 0 Å². The van der Waals surface area contributed by atoms with Crippen LogP contribution >= 0.6 is 0 Å². The van der Waals surface area contributed by atoms with Crippen LogP contribution in [0.25, 0.3) is 0 Å². The first kappa shape index (κ1) is 17.8. The second-order valence-corrected chi connectivity index (χ2v) is 6.32.